The van der Waals surface area contributed by atoms with Crippen molar-refractivity contribution >= 4 is 16.7 Å². The van der Waals surface area contributed by atoms with Gasteiger partial charge in [-0.25, -0.2) is 4.98 Å². The summed E-state index contributed by atoms with van der Waals surface area (Å²) in [6, 6.07) is 1.99. The van der Waals surface area contributed by atoms with Crippen LogP contribution in [-0.2, 0) is 11.3 Å². The smallest absolute Gasteiger partial charge is 0.205 e. The Balaban J connectivity index is 1.49. The summed E-state index contributed by atoms with van der Waals surface area (Å²) in [4.78, 5) is 7.17. The van der Waals surface area contributed by atoms with Gasteiger partial charge in [-0.3, -0.25) is 0 Å². The molecule has 4 rings (SSSR count). The van der Waals surface area contributed by atoms with Gasteiger partial charge in [-0.2, -0.15) is 4.37 Å². The average molecular weight is 348 g/mol. The lowest BCUT2D eigenvalue weighted by atomic mass is 9.89. The monoisotopic (exact) mass is 348 g/mol. The Morgan fingerprint density at radius 2 is 2.08 bits per heavy atom. The van der Waals surface area contributed by atoms with Gasteiger partial charge in [0.05, 0.1) is 19.8 Å². The normalized spacial score (nSPS) is 19.4. The lowest BCUT2D eigenvalue weighted by Gasteiger charge is -2.31. The largest absolute Gasteiger partial charge is 0.381 e. The zero-order valence-electron chi connectivity index (χ0n) is 14.1. The molecule has 0 unspecified atom stereocenters. The number of aromatic nitrogens is 3. The summed E-state index contributed by atoms with van der Waals surface area (Å²) in [6.45, 7) is 5.25. The molecule has 2 fully saturated rings. The van der Waals surface area contributed by atoms with Crippen LogP contribution in [-0.4, -0.2) is 34.3 Å². The number of aryl methyl sites for hydroxylation is 1. The topological polar surface area (TPSA) is 64.3 Å². The fourth-order valence-corrected chi connectivity index (χ4v) is 4.24. The summed E-state index contributed by atoms with van der Waals surface area (Å²) in [5.41, 5.74) is 0.946. The Labute approximate surface area is 146 Å². The third-order valence-corrected chi connectivity index (χ3v) is 5.68. The molecule has 1 saturated carbocycles. The molecule has 0 radical (unpaired) electrons. The van der Waals surface area contributed by atoms with Crippen LogP contribution in [0.15, 0.2) is 10.6 Å². The van der Waals surface area contributed by atoms with E-state index in [-0.39, 0.29) is 0 Å². The van der Waals surface area contributed by atoms with Gasteiger partial charge in [0.15, 0.2) is 0 Å². The first-order valence-electron chi connectivity index (χ1n) is 8.86. The third-order valence-electron chi connectivity index (χ3n) is 4.89. The number of hydrogen-bond acceptors (Lipinski definition) is 7. The van der Waals surface area contributed by atoms with E-state index < -0.39 is 0 Å². The standard InChI is InChI=1S/C17H24N4O2S/c1-12-7-15(19-23-12)9-21(8-13-10-22-11-13)17-18-16(20-24-17)14-5-3-2-4-6-14/h7,13-14H,2-6,8-11H2,1H3. The molecule has 0 amide bonds. The predicted octanol–water partition coefficient (Wildman–Crippen LogP) is 3.54. The van der Waals surface area contributed by atoms with Crippen LogP contribution in [0.4, 0.5) is 5.13 Å². The highest BCUT2D eigenvalue weighted by Crippen LogP contribution is 2.33. The molecular formula is C17H24N4O2S. The second kappa shape index (κ2) is 7.19. The molecule has 130 valence electrons. The van der Waals surface area contributed by atoms with Crippen molar-refractivity contribution < 1.29 is 9.26 Å². The highest BCUT2D eigenvalue weighted by atomic mass is 32.1. The minimum atomic E-state index is 0.548. The summed E-state index contributed by atoms with van der Waals surface area (Å²) in [5.74, 6) is 3.00. The maximum atomic E-state index is 5.33. The minimum absolute atomic E-state index is 0.548. The molecule has 2 aromatic rings. The lowest BCUT2D eigenvalue weighted by Crippen LogP contribution is -2.39. The number of rotatable bonds is 6. The van der Waals surface area contributed by atoms with Crippen molar-refractivity contribution in [2.24, 2.45) is 5.92 Å². The molecule has 1 aliphatic heterocycles. The molecule has 3 heterocycles. The summed E-state index contributed by atoms with van der Waals surface area (Å²) >= 11 is 1.52. The maximum absolute atomic E-state index is 5.33. The molecule has 2 aromatic heterocycles. The molecule has 6 nitrogen and oxygen atoms in total. The number of nitrogens with zero attached hydrogens (tertiary/aromatic N) is 4. The van der Waals surface area contributed by atoms with Gasteiger partial charge in [-0.1, -0.05) is 24.4 Å². The van der Waals surface area contributed by atoms with Crippen LogP contribution in [0.3, 0.4) is 0 Å². The van der Waals surface area contributed by atoms with E-state index in [1.807, 2.05) is 13.0 Å². The second-order valence-corrected chi connectivity index (χ2v) is 7.71. The first-order chi connectivity index (χ1) is 11.8. The zero-order valence-corrected chi connectivity index (χ0v) is 14.9. The number of ether oxygens (including phenoxy) is 1. The van der Waals surface area contributed by atoms with Crippen LogP contribution < -0.4 is 4.90 Å². The van der Waals surface area contributed by atoms with E-state index in [1.54, 1.807) is 0 Å². The first kappa shape index (κ1) is 16.0. The van der Waals surface area contributed by atoms with Gasteiger partial charge >= 0.3 is 0 Å². The number of anilines is 1. The second-order valence-electron chi connectivity index (χ2n) is 6.98. The average Bonchev–Trinajstić information content (AvgIpc) is 3.20. The summed E-state index contributed by atoms with van der Waals surface area (Å²) in [5, 5.41) is 5.14. The maximum Gasteiger partial charge on any atom is 0.205 e. The van der Waals surface area contributed by atoms with Crippen molar-refractivity contribution in [3.8, 4) is 0 Å². The molecule has 7 heteroatoms. The van der Waals surface area contributed by atoms with Gasteiger partial charge in [0.2, 0.25) is 5.13 Å². The molecule has 0 aromatic carbocycles. The van der Waals surface area contributed by atoms with Crippen molar-refractivity contribution in [1.82, 2.24) is 14.5 Å². The van der Waals surface area contributed by atoms with Gasteiger partial charge in [-0.05, 0) is 19.8 Å². The van der Waals surface area contributed by atoms with E-state index in [4.69, 9.17) is 14.2 Å². The zero-order chi connectivity index (χ0) is 16.4. The fourth-order valence-electron chi connectivity index (χ4n) is 3.48. The van der Waals surface area contributed by atoms with E-state index in [0.717, 1.165) is 42.2 Å². The van der Waals surface area contributed by atoms with Crippen molar-refractivity contribution in [3.05, 3.63) is 23.3 Å². The fraction of sp³-hybridized carbons (Fsp3) is 0.706. The molecule has 24 heavy (non-hydrogen) atoms. The minimum Gasteiger partial charge on any atom is -0.381 e. The molecule has 1 saturated heterocycles. The van der Waals surface area contributed by atoms with Crippen molar-refractivity contribution in [2.45, 2.75) is 51.5 Å². The lowest BCUT2D eigenvalue weighted by molar-refractivity contribution is -0.0278. The van der Waals surface area contributed by atoms with Gasteiger partial charge < -0.3 is 14.2 Å². The summed E-state index contributed by atoms with van der Waals surface area (Å²) < 4.78 is 15.2. The molecule has 1 aliphatic carbocycles. The van der Waals surface area contributed by atoms with E-state index >= 15 is 0 Å². The molecule has 0 N–H and O–H groups in total. The quantitative estimate of drug-likeness (QED) is 0.796. The van der Waals surface area contributed by atoms with Crippen LogP contribution >= 0.6 is 11.5 Å². The Bertz CT molecular complexity index is 661. The third kappa shape index (κ3) is 3.62. The van der Waals surface area contributed by atoms with Crippen LogP contribution in [0.1, 0.15) is 55.3 Å². The van der Waals surface area contributed by atoms with Crippen LogP contribution in [0.2, 0.25) is 0 Å². The van der Waals surface area contributed by atoms with E-state index in [2.05, 4.69) is 14.4 Å². The summed E-state index contributed by atoms with van der Waals surface area (Å²) in [6.07, 6.45) is 6.43. The number of hydrogen-bond donors (Lipinski definition) is 0. The predicted molar refractivity (Wildman–Crippen MR) is 92.3 cm³/mol. The Hall–Kier alpha value is -1.47. The van der Waals surface area contributed by atoms with Crippen molar-refractivity contribution in [3.63, 3.8) is 0 Å². The highest BCUT2D eigenvalue weighted by Gasteiger charge is 2.26. The van der Waals surface area contributed by atoms with E-state index in [1.165, 1.54) is 43.6 Å². The SMILES string of the molecule is Cc1cc(CN(CC2COC2)c2nc(C3CCCCC3)ns2)no1. The molecular weight excluding hydrogens is 324 g/mol. The Morgan fingerprint density at radius 3 is 2.75 bits per heavy atom. The van der Waals surface area contributed by atoms with E-state index in [9.17, 15) is 0 Å². The van der Waals surface area contributed by atoms with E-state index in [0.29, 0.717) is 18.4 Å². The Morgan fingerprint density at radius 1 is 1.25 bits per heavy atom. The first-order valence-corrected chi connectivity index (χ1v) is 9.64. The van der Waals surface area contributed by atoms with Gasteiger partial charge in [0, 0.05) is 36.0 Å². The van der Waals surface area contributed by atoms with Crippen LogP contribution in [0, 0.1) is 12.8 Å². The Kier molecular flexibility index (Phi) is 4.80. The molecule has 0 spiro atoms. The molecule has 0 atom stereocenters. The molecule has 2 aliphatic rings. The van der Waals surface area contributed by atoms with Crippen LogP contribution in [0.25, 0.3) is 0 Å². The highest BCUT2D eigenvalue weighted by molar-refractivity contribution is 7.09. The van der Waals surface area contributed by atoms with Gasteiger partial charge in [0.25, 0.3) is 0 Å². The van der Waals surface area contributed by atoms with Gasteiger partial charge in [0.1, 0.15) is 17.3 Å². The van der Waals surface area contributed by atoms with Crippen LogP contribution in [0.5, 0.6) is 0 Å². The van der Waals surface area contributed by atoms with Crippen molar-refractivity contribution in [1.29, 1.82) is 0 Å². The van der Waals surface area contributed by atoms with Crippen molar-refractivity contribution in [2.75, 3.05) is 24.7 Å². The summed E-state index contributed by atoms with van der Waals surface area (Å²) in [7, 11) is 0. The van der Waals surface area contributed by atoms with Gasteiger partial charge in [-0.15, -0.1) is 0 Å². The molecule has 0 bridgehead atoms.